The van der Waals surface area contributed by atoms with Crippen LogP contribution in [0.3, 0.4) is 0 Å². The zero-order valence-electron chi connectivity index (χ0n) is 30.8. The Hall–Kier alpha value is -7.42. The van der Waals surface area contributed by atoms with Crippen LogP contribution in [0, 0.1) is 0 Å². The topological polar surface area (TPSA) is 6.48 Å². The summed E-state index contributed by atoms with van der Waals surface area (Å²) in [6, 6.07) is 83.2. The largest absolute Gasteiger partial charge is 0.310 e. The highest BCUT2D eigenvalue weighted by Gasteiger charge is 2.22. The Balaban J connectivity index is 1.17. The lowest BCUT2D eigenvalue weighted by molar-refractivity contribution is 1.26. The summed E-state index contributed by atoms with van der Waals surface area (Å²) in [6.07, 6.45) is 0. The lowest BCUT2D eigenvalue weighted by Gasteiger charge is -2.31. The molecule has 0 radical (unpaired) electrons. The van der Waals surface area contributed by atoms with Gasteiger partial charge in [-0.05, 0) is 116 Å². The Morgan fingerprint density at radius 1 is 0.232 bits per heavy atom. The Bertz CT molecular complexity index is 2940. The number of anilines is 6. The van der Waals surface area contributed by atoms with E-state index in [1.807, 2.05) is 0 Å². The van der Waals surface area contributed by atoms with E-state index >= 15 is 0 Å². The first-order chi connectivity index (χ1) is 27.8. The summed E-state index contributed by atoms with van der Waals surface area (Å²) < 4.78 is 0. The molecule has 2 nitrogen and oxygen atoms in total. The minimum Gasteiger partial charge on any atom is -0.310 e. The first kappa shape index (κ1) is 33.2. The van der Waals surface area contributed by atoms with Crippen LogP contribution in [0.2, 0.25) is 0 Å². The van der Waals surface area contributed by atoms with Crippen LogP contribution in [0.4, 0.5) is 34.1 Å². The maximum absolute atomic E-state index is 2.42. The van der Waals surface area contributed by atoms with Crippen molar-refractivity contribution < 1.29 is 0 Å². The van der Waals surface area contributed by atoms with E-state index in [1.165, 1.54) is 54.6 Å². The molecule has 10 aromatic rings. The summed E-state index contributed by atoms with van der Waals surface area (Å²) in [5, 5.41) is 7.31. The van der Waals surface area contributed by atoms with E-state index < -0.39 is 0 Å². The minimum absolute atomic E-state index is 1.08. The highest BCUT2D eigenvalue weighted by Crippen LogP contribution is 2.47. The molecule has 0 unspecified atom stereocenters. The lowest BCUT2D eigenvalue weighted by atomic mass is 9.97. The number of nitrogens with zero attached hydrogens (tertiary/aromatic N) is 2. The molecule has 264 valence electrons. The second-order valence-corrected chi connectivity index (χ2v) is 14.2. The molecule has 0 saturated carbocycles. The van der Waals surface area contributed by atoms with Crippen LogP contribution >= 0.6 is 0 Å². The molecule has 0 saturated heterocycles. The summed E-state index contributed by atoms with van der Waals surface area (Å²) in [5.74, 6) is 0. The minimum atomic E-state index is 1.08. The van der Waals surface area contributed by atoms with Crippen LogP contribution in [0.5, 0.6) is 0 Å². The maximum Gasteiger partial charge on any atom is 0.0567 e. The summed E-state index contributed by atoms with van der Waals surface area (Å²) in [5.41, 5.74) is 11.3. The van der Waals surface area contributed by atoms with Gasteiger partial charge in [0.15, 0.2) is 0 Å². The van der Waals surface area contributed by atoms with Crippen LogP contribution in [0.25, 0.3) is 54.6 Å². The van der Waals surface area contributed by atoms with Crippen molar-refractivity contribution >= 4 is 66.4 Å². The molecule has 0 aromatic heterocycles. The summed E-state index contributed by atoms with van der Waals surface area (Å²) >= 11 is 0. The summed E-state index contributed by atoms with van der Waals surface area (Å²) in [4.78, 5) is 4.79. The van der Waals surface area contributed by atoms with Gasteiger partial charge in [-0.2, -0.15) is 0 Å². The molecule has 0 aliphatic heterocycles. The standard InChI is InChI=1S/C54H38N2/c1-4-14-39(15-5-1)41-28-34-50(35-29-41)56(48-21-8-3-9-22-48)53-38-51(37-46-27-25-43-17-12-13-23-52(43)54(46)53)55(47-19-6-2-7-20-47)49-32-30-42(31-33-49)45-26-24-40-16-10-11-18-44(40)36-45/h1-38H. The van der Waals surface area contributed by atoms with Crippen molar-refractivity contribution in [2.75, 3.05) is 9.80 Å². The molecule has 0 atom stereocenters. The number of hydrogen-bond acceptors (Lipinski definition) is 2. The first-order valence-corrected chi connectivity index (χ1v) is 19.2. The molecule has 56 heavy (non-hydrogen) atoms. The smallest absolute Gasteiger partial charge is 0.0567 e. The monoisotopic (exact) mass is 714 g/mol. The van der Waals surface area contributed by atoms with Crippen LogP contribution in [-0.4, -0.2) is 0 Å². The highest BCUT2D eigenvalue weighted by molar-refractivity contribution is 6.16. The number of rotatable bonds is 8. The van der Waals surface area contributed by atoms with Gasteiger partial charge in [0.05, 0.1) is 5.69 Å². The van der Waals surface area contributed by atoms with Gasteiger partial charge in [0.2, 0.25) is 0 Å². The maximum atomic E-state index is 2.42. The average molecular weight is 715 g/mol. The predicted octanol–water partition coefficient (Wildman–Crippen LogP) is 15.4. The second-order valence-electron chi connectivity index (χ2n) is 14.2. The second kappa shape index (κ2) is 14.4. The van der Waals surface area contributed by atoms with Crippen molar-refractivity contribution in [3.63, 3.8) is 0 Å². The van der Waals surface area contributed by atoms with E-state index in [9.17, 15) is 0 Å². The molecule has 10 rings (SSSR count). The van der Waals surface area contributed by atoms with Gasteiger partial charge in [0.25, 0.3) is 0 Å². The lowest BCUT2D eigenvalue weighted by Crippen LogP contribution is -2.14. The fourth-order valence-corrected chi connectivity index (χ4v) is 8.05. The van der Waals surface area contributed by atoms with Crippen molar-refractivity contribution in [3.8, 4) is 22.3 Å². The van der Waals surface area contributed by atoms with Crippen LogP contribution in [-0.2, 0) is 0 Å². The van der Waals surface area contributed by atoms with Crippen LogP contribution in [0.1, 0.15) is 0 Å². The third-order valence-corrected chi connectivity index (χ3v) is 10.8. The van der Waals surface area contributed by atoms with Gasteiger partial charge in [0.1, 0.15) is 0 Å². The SMILES string of the molecule is c1ccc(-c2ccc(N(c3ccccc3)c3cc(N(c4ccccc4)c4ccc(-c5ccc6ccccc6c5)cc4)cc4ccc5ccccc5c34)cc2)cc1. The van der Waals surface area contributed by atoms with E-state index in [2.05, 4.69) is 240 Å². The van der Waals surface area contributed by atoms with Crippen molar-refractivity contribution in [2.24, 2.45) is 0 Å². The van der Waals surface area contributed by atoms with Crippen molar-refractivity contribution in [1.29, 1.82) is 0 Å². The van der Waals surface area contributed by atoms with Crippen molar-refractivity contribution in [2.45, 2.75) is 0 Å². The molecule has 0 fully saturated rings. The van der Waals surface area contributed by atoms with Crippen LogP contribution in [0.15, 0.2) is 231 Å². The molecule has 10 aromatic carbocycles. The third kappa shape index (κ3) is 6.24. The summed E-state index contributed by atoms with van der Waals surface area (Å²) in [6.45, 7) is 0. The van der Waals surface area contributed by atoms with Crippen molar-refractivity contribution in [3.05, 3.63) is 231 Å². The quantitative estimate of drug-likeness (QED) is 0.145. The molecule has 0 N–H and O–H groups in total. The molecular formula is C54H38N2. The Kier molecular flexibility index (Phi) is 8.55. The molecule has 0 amide bonds. The fourth-order valence-electron chi connectivity index (χ4n) is 8.05. The van der Waals surface area contributed by atoms with Gasteiger partial charge >= 0.3 is 0 Å². The molecule has 0 heterocycles. The predicted molar refractivity (Wildman–Crippen MR) is 239 cm³/mol. The molecule has 0 aliphatic carbocycles. The van der Waals surface area contributed by atoms with Crippen molar-refractivity contribution in [1.82, 2.24) is 0 Å². The number of hydrogen-bond donors (Lipinski definition) is 0. The van der Waals surface area contributed by atoms with Crippen LogP contribution < -0.4 is 9.80 Å². The van der Waals surface area contributed by atoms with E-state index in [0.717, 1.165) is 34.1 Å². The summed E-state index contributed by atoms with van der Waals surface area (Å²) in [7, 11) is 0. The Labute approximate surface area is 327 Å². The van der Waals surface area contributed by atoms with Gasteiger partial charge in [-0.25, -0.2) is 0 Å². The Morgan fingerprint density at radius 2 is 0.679 bits per heavy atom. The first-order valence-electron chi connectivity index (χ1n) is 19.2. The third-order valence-electron chi connectivity index (χ3n) is 10.8. The zero-order valence-corrected chi connectivity index (χ0v) is 30.8. The van der Waals surface area contributed by atoms with E-state index in [4.69, 9.17) is 0 Å². The zero-order chi connectivity index (χ0) is 37.3. The van der Waals surface area contributed by atoms with E-state index in [0.29, 0.717) is 0 Å². The number of para-hydroxylation sites is 2. The number of benzene rings is 10. The normalized spacial score (nSPS) is 11.2. The molecule has 0 bridgehead atoms. The van der Waals surface area contributed by atoms with E-state index in [-0.39, 0.29) is 0 Å². The van der Waals surface area contributed by atoms with Gasteiger partial charge in [-0.3, -0.25) is 0 Å². The van der Waals surface area contributed by atoms with Gasteiger partial charge in [-0.1, -0.05) is 164 Å². The fraction of sp³-hybridized carbons (Fsp3) is 0. The molecule has 0 spiro atoms. The highest BCUT2D eigenvalue weighted by atomic mass is 15.2. The molecular weight excluding hydrogens is 677 g/mol. The van der Waals surface area contributed by atoms with E-state index in [1.54, 1.807) is 0 Å². The Morgan fingerprint density at radius 3 is 1.36 bits per heavy atom. The van der Waals surface area contributed by atoms with Gasteiger partial charge in [0, 0.05) is 33.8 Å². The molecule has 2 heteroatoms. The average Bonchev–Trinajstić information content (AvgIpc) is 3.28. The van der Waals surface area contributed by atoms with Gasteiger partial charge in [-0.15, -0.1) is 0 Å². The van der Waals surface area contributed by atoms with Gasteiger partial charge < -0.3 is 9.80 Å². The molecule has 0 aliphatic rings. The number of fused-ring (bicyclic) bond motifs is 4.